The normalized spacial score (nSPS) is 10.4. The molecule has 8 heteroatoms. The summed E-state index contributed by atoms with van der Waals surface area (Å²) in [7, 11) is 0. The summed E-state index contributed by atoms with van der Waals surface area (Å²) >= 11 is 9.60. The molecule has 146 valence electrons. The minimum atomic E-state index is -0.288. The SMILES string of the molecule is C#CCOc1c(Cl)cc(/C=N\NC(=O)CNc2ccc(Br)cc2)cc1OCC. The van der Waals surface area contributed by atoms with Crippen molar-refractivity contribution in [2.45, 2.75) is 6.92 Å². The first kappa shape index (κ1) is 21.6. The molecular weight excluding hydrogens is 446 g/mol. The molecule has 0 aliphatic rings. The molecule has 2 aromatic carbocycles. The highest BCUT2D eigenvalue weighted by atomic mass is 79.9. The molecule has 0 aliphatic heterocycles. The van der Waals surface area contributed by atoms with E-state index in [1.54, 1.807) is 12.1 Å². The summed E-state index contributed by atoms with van der Waals surface area (Å²) in [5.41, 5.74) is 3.92. The molecule has 0 heterocycles. The van der Waals surface area contributed by atoms with Crippen LogP contribution in [0.1, 0.15) is 12.5 Å². The van der Waals surface area contributed by atoms with E-state index in [9.17, 15) is 4.79 Å². The fourth-order valence-corrected chi connectivity index (χ4v) is 2.69. The highest BCUT2D eigenvalue weighted by molar-refractivity contribution is 9.10. The highest BCUT2D eigenvalue weighted by Crippen LogP contribution is 2.36. The Hall–Kier alpha value is -2.69. The van der Waals surface area contributed by atoms with Gasteiger partial charge in [0.25, 0.3) is 5.91 Å². The second-order valence-corrected chi connectivity index (χ2v) is 6.73. The second kappa shape index (κ2) is 11.2. The zero-order valence-corrected chi connectivity index (χ0v) is 17.5. The lowest BCUT2D eigenvalue weighted by atomic mass is 10.2. The molecule has 28 heavy (non-hydrogen) atoms. The summed E-state index contributed by atoms with van der Waals surface area (Å²) in [6.45, 7) is 2.44. The fraction of sp³-hybridized carbons (Fsp3) is 0.200. The first-order chi connectivity index (χ1) is 13.5. The summed E-state index contributed by atoms with van der Waals surface area (Å²) in [6, 6.07) is 10.8. The molecule has 1 amide bonds. The van der Waals surface area contributed by atoms with Crippen molar-refractivity contribution in [3.63, 3.8) is 0 Å². The first-order valence-corrected chi connectivity index (χ1v) is 9.54. The van der Waals surface area contributed by atoms with Crippen LogP contribution in [0.2, 0.25) is 5.02 Å². The summed E-state index contributed by atoms with van der Waals surface area (Å²) in [5.74, 6) is 2.92. The van der Waals surface area contributed by atoms with Crippen LogP contribution in [0.4, 0.5) is 5.69 Å². The Bertz CT molecular complexity index is 880. The fourth-order valence-electron chi connectivity index (χ4n) is 2.15. The molecule has 0 spiro atoms. The van der Waals surface area contributed by atoms with Crippen LogP contribution in [-0.4, -0.2) is 31.9 Å². The Balaban J connectivity index is 1.96. The Morgan fingerprint density at radius 3 is 2.75 bits per heavy atom. The summed E-state index contributed by atoms with van der Waals surface area (Å²) in [5, 5.41) is 7.28. The first-order valence-electron chi connectivity index (χ1n) is 8.37. The maximum Gasteiger partial charge on any atom is 0.259 e. The van der Waals surface area contributed by atoms with Crippen molar-refractivity contribution < 1.29 is 14.3 Å². The standard InChI is InChI=1S/C20H19BrClN3O3/c1-3-9-28-20-17(22)10-14(11-18(20)27-4-2)12-24-25-19(26)13-23-16-7-5-15(21)6-8-16/h1,5-8,10-12,23H,4,9,13H2,2H3,(H,25,26)/b24-12-. The molecule has 2 N–H and O–H groups in total. The van der Waals surface area contributed by atoms with Crippen LogP contribution in [-0.2, 0) is 4.79 Å². The minimum Gasteiger partial charge on any atom is -0.490 e. The topological polar surface area (TPSA) is 72.0 Å². The molecule has 0 aromatic heterocycles. The molecule has 0 atom stereocenters. The predicted molar refractivity (Wildman–Crippen MR) is 115 cm³/mol. The average molecular weight is 465 g/mol. The molecule has 0 fully saturated rings. The number of terminal acetylenes is 1. The number of halogens is 2. The number of benzene rings is 2. The van der Waals surface area contributed by atoms with E-state index in [1.165, 1.54) is 6.21 Å². The molecule has 0 unspecified atom stereocenters. The van der Waals surface area contributed by atoms with E-state index < -0.39 is 0 Å². The van der Waals surface area contributed by atoms with Gasteiger partial charge in [0.05, 0.1) is 24.4 Å². The molecule has 0 aliphatic carbocycles. The number of hydrazone groups is 1. The molecule has 0 saturated heterocycles. The van der Waals surface area contributed by atoms with E-state index in [1.807, 2.05) is 31.2 Å². The number of carbonyl (C=O) groups excluding carboxylic acids is 1. The quantitative estimate of drug-likeness (QED) is 0.333. The van der Waals surface area contributed by atoms with Gasteiger partial charge in [-0.05, 0) is 48.9 Å². The number of nitrogens with zero attached hydrogens (tertiary/aromatic N) is 1. The van der Waals surface area contributed by atoms with E-state index >= 15 is 0 Å². The number of carbonyl (C=O) groups is 1. The van der Waals surface area contributed by atoms with Crippen molar-refractivity contribution in [1.29, 1.82) is 0 Å². The number of hydrogen-bond acceptors (Lipinski definition) is 5. The van der Waals surface area contributed by atoms with Crippen LogP contribution in [0.3, 0.4) is 0 Å². The molecule has 0 radical (unpaired) electrons. The average Bonchev–Trinajstić information content (AvgIpc) is 2.67. The van der Waals surface area contributed by atoms with Gasteiger partial charge in [-0.25, -0.2) is 5.43 Å². The van der Waals surface area contributed by atoms with Gasteiger partial charge in [-0.1, -0.05) is 33.5 Å². The van der Waals surface area contributed by atoms with Crippen LogP contribution in [0.5, 0.6) is 11.5 Å². The lowest BCUT2D eigenvalue weighted by Gasteiger charge is -2.12. The van der Waals surface area contributed by atoms with Crippen molar-refractivity contribution in [1.82, 2.24) is 5.43 Å². The Labute approximate surface area is 177 Å². The number of hydrogen-bond donors (Lipinski definition) is 2. The van der Waals surface area contributed by atoms with E-state index in [2.05, 4.69) is 37.7 Å². The van der Waals surface area contributed by atoms with E-state index in [4.69, 9.17) is 27.5 Å². The largest absolute Gasteiger partial charge is 0.490 e. The molecule has 6 nitrogen and oxygen atoms in total. The second-order valence-electron chi connectivity index (χ2n) is 5.41. The van der Waals surface area contributed by atoms with Crippen molar-refractivity contribution in [2.24, 2.45) is 5.10 Å². The number of rotatable bonds is 9. The zero-order valence-electron chi connectivity index (χ0n) is 15.2. The van der Waals surface area contributed by atoms with Gasteiger partial charge in [-0.2, -0.15) is 5.10 Å². The van der Waals surface area contributed by atoms with Gasteiger partial charge < -0.3 is 14.8 Å². The summed E-state index contributed by atoms with van der Waals surface area (Å²) in [4.78, 5) is 11.9. The number of amides is 1. The van der Waals surface area contributed by atoms with Gasteiger partial charge in [0.15, 0.2) is 11.5 Å². The smallest absolute Gasteiger partial charge is 0.259 e. The van der Waals surface area contributed by atoms with Crippen molar-refractivity contribution in [2.75, 3.05) is 25.1 Å². The molecule has 0 bridgehead atoms. The van der Waals surface area contributed by atoms with Crippen LogP contribution in [0.15, 0.2) is 46.0 Å². The maximum absolute atomic E-state index is 11.9. The number of nitrogens with one attached hydrogen (secondary N) is 2. The maximum atomic E-state index is 11.9. The Morgan fingerprint density at radius 1 is 1.32 bits per heavy atom. The summed E-state index contributed by atoms with van der Waals surface area (Å²) < 4.78 is 11.9. The van der Waals surface area contributed by atoms with Crippen molar-refractivity contribution in [3.8, 4) is 23.8 Å². The van der Waals surface area contributed by atoms with Crippen LogP contribution in [0, 0.1) is 12.3 Å². The molecule has 2 rings (SSSR count). The van der Waals surface area contributed by atoms with Gasteiger partial charge >= 0.3 is 0 Å². The van der Waals surface area contributed by atoms with Gasteiger partial charge in [-0.3, -0.25) is 4.79 Å². The predicted octanol–water partition coefficient (Wildman–Crippen LogP) is 4.08. The monoisotopic (exact) mass is 463 g/mol. The van der Waals surface area contributed by atoms with Crippen LogP contribution >= 0.6 is 27.5 Å². The third-order valence-electron chi connectivity index (χ3n) is 3.33. The van der Waals surface area contributed by atoms with Crippen molar-refractivity contribution in [3.05, 3.63) is 51.5 Å². The van der Waals surface area contributed by atoms with Gasteiger partial charge in [-0.15, -0.1) is 6.42 Å². The molecular formula is C20H19BrClN3O3. The lowest BCUT2D eigenvalue weighted by molar-refractivity contribution is -0.119. The lowest BCUT2D eigenvalue weighted by Crippen LogP contribution is -2.25. The van der Waals surface area contributed by atoms with Gasteiger partial charge in [0.2, 0.25) is 0 Å². The Morgan fingerprint density at radius 2 is 2.07 bits per heavy atom. The van der Waals surface area contributed by atoms with Gasteiger partial charge in [0, 0.05) is 10.2 Å². The zero-order chi connectivity index (χ0) is 20.4. The number of anilines is 1. The van der Waals surface area contributed by atoms with E-state index in [-0.39, 0.29) is 19.1 Å². The van der Waals surface area contributed by atoms with Crippen LogP contribution < -0.4 is 20.2 Å². The van der Waals surface area contributed by atoms with E-state index in [0.29, 0.717) is 28.7 Å². The van der Waals surface area contributed by atoms with Crippen LogP contribution in [0.25, 0.3) is 0 Å². The third-order valence-corrected chi connectivity index (χ3v) is 4.14. The highest BCUT2D eigenvalue weighted by Gasteiger charge is 2.12. The van der Waals surface area contributed by atoms with E-state index in [0.717, 1.165) is 10.2 Å². The summed E-state index contributed by atoms with van der Waals surface area (Å²) in [6.07, 6.45) is 6.68. The van der Waals surface area contributed by atoms with Crippen molar-refractivity contribution >= 4 is 45.3 Å². The van der Waals surface area contributed by atoms with Gasteiger partial charge in [0.1, 0.15) is 6.61 Å². The third kappa shape index (κ3) is 6.80. The Kier molecular flexibility index (Phi) is 8.66. The molecule has 0 saturated carbocycles. The molecule has 2 aromatic rings. The number of ether oxygens (including phenoxy) is 2. The minimum absolute atomic E-state index is 0.0780.